The molecule has 0 bridgehead atoms. The van der Waals surface area contributed by atoms with Gasteiger partial charge >= 0.3 is 0 Å². The fraction of sp³-hybridized carbons (Fsp3) is 0.333. The van der Waals surface area contributed by atoms with Gasteiger partial charge in [-0.1, -0.05) is 0 Å². The molecule has 1 heterocycles. The van der Waals surface area contributed by atoms with E-state index in [4.69, 9.17) is 4.55 Å². The van der Waals surface area contributed by atoms with E-state index in [1.165, 1.54) is 29.2 Å². The van der Waals surface area contributed by atoms with Crippen molar-refractivity contribution in [2.24, 2.45) is 0 Å². The van der Waals surface area contributed by atoms with Crippen LogP contribution in [0.15, 0.2) is 41.3 Å². The van der Waals surface area contributed by atoms with Crippen LogP contribution in [0.25, 0.3) is 0 Å². The van der Waals surface area contributed by atoms with E-state index in [1.807, 2.05) is 19.1 Å². The Morgan fingerprint density at radius 1 is 1.08 bits per heavy atom. The summed E-state index contributed by atoms with van der Waals surface area (Å²) in [6, 6.07) is 8.86. The van der Waals surface area contributed by atoms with Crippen molar-refractivity contribution in [1.29, 1.82) is 0 Å². The van der Waals surface area contributed by atoms with Crippen LogP contribution < -0.4 is 9.80 Å². The highest BCUT2D eigenvalue weighted by molar-refractivity contribution is 7.85. The summed E-state index contributed by atoms with van der Waals surface area (Å²) >= 11 is 0. The lowest BCUT2D eigenvalue weighted by Gasteiger charge is -2.23. The number of benzene rings is 1. The molecule has 0 saturated heterocycles. The molecule has 0 radical (unpaired) electrons. The molecule has 0 spiro atoms. The van der Waals surface area contributed by atoms with Gasteiger partial charge in [0.25, 0.3) is 16.0 Å². The summed E-state index contributed by atoms with van der Waals surface area (Å²) in [6.07, 6.45) is 0. The fourth-order valence-corrected chi connectivity index (χ4v) is 3.17. The summed E-state index contributed by atoms with van der Waals surface area (Å²) in [5.74, 6) is 0.557. The average molecular weight is 377 g/mol. The maximum Gasteiger partial charge on any atom is 0.294 e. The Hall–Kier alpha value is -2.45. The topological polar surface area (TPSA) is 90.8 Å². The molecule has 0 unspecified atom stereocenters. The summed E-state index contributed by atoms with van der Waals surface area (Å²) in [7, 11) is -2.64. The lowest BCUT2D eigenvalue weighted by atomic mass is 10.2. The zero-order valence-electron chi connectivity index (χ0n) is 15.3. The van der Waals surface area contributed by atoms with Gasteiger partial charge in [-0.15, -0.1) is 0 Å². The molecule has 1 aromatic heterocycles. The van der Waals surface area contributed by atoms with Crippen LogP contribution in [0.2, 0.25) is 0 Å². The molecule has 0 aliphatic carbocycles. The van der Waals surface area contributed by atoms with E-state index >= 15 is 0 Å². The van der Waals surface area contributed by atoms with Gasteiger partial charge in [0.15, 0.2) is 0 Å². The molecule has 0 atom stereocenters. The third-order valence-corrected chi connectivity index (χ3v) is 5.06. The van der Waals surface area contributed by atoms with Crippen LogP contribution in [0, 0.1) is 6.92 Å². The number of aromatic nitrogens is 1. The Bertz CT molecular complexity index is 891. The Morgan fingerprint density at radius 3 is 2.12 bits per heavy atom. The van der Waals surface area contributed by atoms with Gasteiger partial charge in [0, 0.05) is 25.7 Å². The van der Waals surface area contributed by atoms with Crippen molar-refractivity contribution >= 4 is 27.5 Å². The maximum absolute atomic E-state index is 12.7. The molecule has 140 valence electrons. The molecule has 7 nitrogen and oxygen atoms in total. The van der Waals surface area contributed by atoms with Crippen LogP contribution in [0.4, 0.5) is 11.5 Å². The highest BCUT2D eigenvalue weighted by Crippen LogP contribution is 2.23. The molecule has 26 heavy (non-hydrogen) atoms. The molecule has 1 amide bonds. The van der Waals surface area contributed by atoms with Gasteiger partial charge in [-0.3, -0.25) is 9.35 Å². The van der Waals surface area contributed by atoms with Crippen molar-refractivity contribution in [3.05, 3.63) is 47.7 Å². The minimum atomic E-state index is -4.28. The molecule has 0 aliphatic rings. The van der Waals surface area contributed by atoms with Crippen LogP contribution in [-0.2, 0) is 10.1 Å². The van der Waals surface area contributed by atoms with Crippen LogP contribution in [0.1, 0.15) is 29.9 Å². The van der Waals surface area contributed by atoms with Crippen molar-refractivity contribution in [2.75, 3.05) is 29.9 Å². The Balaban J connectivity index is 2.28. The smallest absolute Gasteiger partial charge is 0.294 e. The second kappa shape index (κ2) is 7.84. The van der Waals surface area contributed by atoms with E-state index < -0.39 is 10.1 Å². The van der Waals surface area contributed by atoms with E-state index in [1.54, 1.807) is 7.05 Å². The van der Waals surface area contributed by atoms with Crippen molar-refractivity contribution in [3.63, 3.8) is 0 Å². The summed E-state index contributed by atoms with van der Waals surface area (Å²) in [5.41, 5.74) is 1.71. The Morgan fingerprint density at radius 2 is 1.65 bits per heavy atom. The first-order valence-corrected chi connectivity index (χ1v) is 9.71. The first-order chi connectivity index (χ1) is 12.2. The predicted octanol–water partition coefficient (Wildman–Crippen LogP) is 2.76. The lowest BCUT2D eigenvalue weighted by Crippen LogP contribution is -2.28. The van der Waals surface area contributed by atoms with Crippen molar-refractivity contribution in [1.82, 2.24) is 4.98 Å². The second-order valence-corrected chi connectivity index (χ2v) is 7.23. The van der Waals surface area contributed by atoms with E-state index in [-0.39, 0.29) is 10.8 Å². The number of carbonyl (C=O) groups is 1. The number of hydrogen-bond donors (Lipinski definition) is 1. The van der Waals surface area contributed by atoms with Crippen LogP contribution >= 0.6 is 0 Å². The van der Waals surface area contributed by atoms with Gasteiger partial charge in [-0.2, -0.15) is 8.42 Å². The molecule has 2 rings (SSSR count). The normalized spacial score (nSPS) is 11.3. The Kier molecular flexibility index (Phi) is 5.99. The molecular weight excluding hydrogens is 354 g/mol. The molecule has 1 aromatic carbocycles. The average Bonchev–Trinajstić information content (AvgIpc) is 2.61. The third kappa shape index (κ3) is 4.20. The van der Waals surface area contributed by atoms with Crippen molar-refractivity contribution in [2.45, 2.75) is 25.7 Å². The van der Waals surface area contributed by atoms with E-state index in [9.17, 15) is 13.2 Å². The fourth-order valence-electron chi connectivity index (χ4n) is 2.69. The molecule has 1 N–H and O–H groups in total. The number of amides is 1. The molecule has 0 aliphatic heterocycles. The van der Waals surface area contributed by atoms with Gasteiger partial charge < -0.3 is 9.80 Å². The highest BCUT2D eigenvalue weighted by Gasteiger charge is 2.18. The highest BCUT2D eigenvalue weighted by atomic mass is 32.2. The Labute approximate surface area is 154 Å². The van der Waals surface area contributed by atoms with Crippen LogP contribution in [0.5, 0.6) is 0 Å². The van der Waals surface area contributed by atoms with E-state index in [0.29, 0.717) is 11.3 Å². The summed E-state index contributed by atoms with van der Waals surface area (Å²) in [6.45, 7) is 7.64. The number of nitrogens with zero attached hydrogens (tertiary/aromatic N) is 3. The minimum absolute atomic E-state index is 0.252. The number of anilines is 2. The standard InChI is InChI=1S/C18H23N3O4S/c1-5-21(6-2)17-12-11-16(13(3)19-17)20(4)18(22)14-7-9-15(10-8-14)26(23,24)25/h7-12H,5-6H2,1-4H3,(H,23,24,25). The first kappa shape index (κ1) is 19.9. The largest absolute Gasteiger partial charge is 0.357 e. The van der Waals surface area contributed by atoms with Crippen LogP contribution in [0.3, 0.4) is 0 Å². The zero-order chi connectivity index (χ0) is 19.5. The second-order valence-electron chi connectivity index (χ2n) is 5.81. The summed E-state index contributed by atoms with van der Waals surface area (Å²) in [5, 5.41) is 0. The summed E-state index contributed by atoms with van der Waals surface area (Å²) < 4.78 is 31.2. The number of hydrogen-bond acceptors (Lipinski definition) is 5. The quantitative estimate of drug-likeness (QED) is 0.779. The summed E-state index contributed by atoms with van der Waals surface area (Å²) in [4.78, 5) is 20.6. The van der Waals surface area contributed by atoms with Gasteiger partial charge in [0.2, 0.25) is 0 Å². The predicted molar refractivity (Wildman–Crippen MR) is 102 cm³/mol. The SMILES string of the molecule is CCN(CC)c1ccc(N(C)C(=O)c2ccc(S(=O)(=O)O)cc2)c(C)n1. The van der Waals surface area contributed by atoms with Crippen LogP contribution in [-0.4, -0.2) is 44.0 Å². The van der Waals surface area contributed by atoms with Gasteiger partial charge in [0.05, 0.1) is 16.3 Å². The first-order valence-electron chi connectivity index (χ1n) is 8.27. The molecular formula is C18H23N3O4S. The number of rotatable bonds is 6. The van der Waals surface area contributed by atoms with Crippen molar-refractivity contribution < 1.29 is 17.8 Å². The molecule has 0 saturated carbocycles. The van der Waals surface area contributed by atoms with E-state index in [0.717, 1.165) is 24.6 Å². The molecule has 0 fully saturated rings. The van der Waals surface area contributed by atoms with Gasteiger partial charge in [-0.05, 0) is 57.2 Å². The van der Waals surface area contributed by atoms with Gasteiger partial charge in [-0.25, -0.2) is 4.98 Å². The minimum Gasteiger partial charge on any atom is -0.357 e. The zero-order valence-corrected chi connectivity index (χ0v) is 16.1. The number of aryl methyl sites for hydroxylation is 1. The maximum atomic E-state index is 12.7. The molecule has 8 heteroatoms. The van der Waals surface area contributed by atoms with Crippen molar-refractivity contribution in [3.8, 4) is 0 Å². The monoisotopic (exact) mass is 377 g/mol. The number of pyridine rings is 1. The lowest BCUT2D eigenvalue weighted by molar-refractivity contribution is 0.0992. The molecule has 2 aromatic rings. The number of carbonyl (C=O) groups excluding carboxylic acids is 1. The third-order valence-electron chi connectivity index (χ3n) is 4.20. The van der Waals surface area contributed by atoms with Gasteiger partial charge in [0.1, 0.15) is 5.82 Å². The van der Waals surface area contributed by atoms with E-state index in [2.05, 4.69) is 23.7 Å².